The van der Waals surface area contributed by atoms with Gasteiger partial charge in [0.05, 0.1) is 17.9 Å². The highest BCUT2D eigenvalue weighted by molar-refractivity contribution is 5.98. The first-order valence-corrected chi connectivity index (χ1v) is 10.4. The highest BCUT2D eigenvalue weighted by atomic mass is 16.5. The largest absolute Gasteiger partial charge is 0.493 e. The molecule has 1 fully saturated rings. The van der Waals surface area contributed by atoms with Gasteiger partial charge in [0.1, 0.15) is 5.75 Å². The van der Waals surface area contributed by atoms with Crippen LogP contribution in [-0.2, 0) is 6.54 Å². The van der Waals surface area contributed by atoms with E-state index in [2.05, 4.69) is 22.8 Å². The number of fused-ring (bicyclic) bond motifs is 5. The number of hydrogen-bond donors (Lipinski definition) is 1. The van der Waals surface area contributed by atoms with Gasteiger partial charge in [-0.2, -0.15) is 0 Å². The maximum atomic E-state index is 11.6. The maximum absolute atomic E-state index is 11.6. The molecular weight excluding hydrogens is 350 g/mol. The molecular formula is C24H25NO3. The first-order chi connectivity index (χ1) is 13.7. The Labute approximate surface area is 164 Å². The molecule has 0 radical (unpaired) electrons. The van der Waals surface area contributed by atoms with E-state index in [9.17, 15) is 9.90 Å². The Morgan fingerprint density at radius 3 is 2.68 bits per heavy atom. The number of hydrogen-bond acceptors (Lipinski definition) is 2. The number of ether oxygens (including phenoxy) is 1. The number of aromatic nitrogens is 1. The summed E-state index contributed by atoms with van der Waals surface area (Å²) in [5, 5.41) is 10.7. The van der Waals surface area contributed by atoms with E-state index >= 15 is 0 Å². The molecule has 0 atom stereocenters. The molecule has 0 spiro atoms. The van der Waals surface area contributed by atoms with E-state index in [1.165, 1.54) is 48.7 Å². The summed E-state index contributed by atoms with van der Waals surface area (Å²) in [6.45, 7) is 1.52. The number of para-hydroxylation sites is 1. The molecule has 2 aromatic carbocycles. The van der Waals surface area contributed by atoms with Gasteiger partial charge in [-0.05, 0) is 55.0 Å². The Balaban J connectivity index is 1.84. The number of carboxylic acids is 1. The second-order valence-corrected chi connectivity index (χ2v) is 7.98. The average Bonchev–Trinajstić information content (AvgIpc) is 3.03. The summed E-state index contributed by atoms with van der Waals surface area (Å²) in [6.07, 6.45) is 7.16. The lowest BCUT2D eigenvalue weighted by atomic mass is 9.81. The summed E-state index contributed by atoms with van der Waals surface area (Å²) in [7, 11) is 0. The fourth-order valence-electron chi connectivity index (χ4n) is 5.03. The van der Waals surface area contributed by atoms with Crippen molar-refractivity contribution in [1.29, 1.82) is 0 Å². The van der Waals surface area contributed by atoms with Crippen molar-refractivity contribution in [1.82, 2.24) is 4.57 Å². The van der Waals surface area contributed by atoms with Gasteiger partial charge in [-0.15, -0.1) is 0 Å². The summed E-state index contributed by atoms with van der Waals surface area (Å²) in [4.78, 5) is 11.6. The van der Waals surface area contributed by atoms with Gasteiger partial charge in [0.25, 0.3) is 0 Å². The van der Waals surface area contributed by atoms with Crippen molar-refractivity contribution in [2.75, 3.05) is 6.61 Å². The number of aryl methyl sites for hydroxylation is 1. The van der Waals surface area contributed by atoms with Crippen LogP contribution in [0.1, 0.15) is 60.4 Å². The lowest BCUT2D eigenvalue weighted by Crippen LogP contribution is -2.12. The van der Waals surface area contributed by atoms with Crippen LogP contribution in [-0.4, -0.2) is 22.2 Å². The summed E-state index contributed by atoms with van der Waals surface area (Å²) in [6, 6.07) is 13.9. The second kappa shape index (κ2) is 7.01. The molecule has 5 rings (SSSR count). The standard InChI is InChI=1S/C24H25NO3/c26-24(27)17-11-12-18-20(15-17)25-13-6-14-28-21-10-5-4-9-19(21)23(25)22(18)16-7-2-1-3-8-16/h4-5,9-12,15-16H,1-3,6-8,13-14H2,(H,26,27). The second-order valence-electron chi connectivity index (χ2n) is 7.98. The average molecular weight is 375 g/mol. The molecule has 0 unspecified atom stereocenters. The SMILES string of the molecule is O=C(O)c1ccc2c(C3CCCCC3)c3n(c2c1)CCCOc1ccccc1-3. The van der Waals surface area contributed by atoms with Gasteiger partial charge in [-0.25, -0.2) is 4.79 Å². The van der Waals surface area contributed by atoms with Crippen LogP contribution in [0.5, 0.6) is 5.75 Å². The third kappa shape index (κ3) is 2.79. The zero-order valence-corrected chi connectivity index (χ0v) is 16.0. The van der Waals surface area contributed by atoms with Crippen molar-refractivity contribution < 1.29 is 14.6 Å². The first-order valence-electron chi connectivity index (χ1n) is 10.4. The molecule has 4 nitrogen and oxygen atoms in total. The summed E-state index contributed by atoms with van der Waals surface area (Å²) in [5.41, 5.74) is 5.17. The predicted molar refractivity (Wildman–Crippen MR) is 110 cm³/mol. The van der Waals surface area contributed by atoms with Gasteiger partial charge < -0.3 is 14.4 Å². The molecule has 1 aromatic heterocycles. The number of aromatic carboxylic acids is 1. The van der Waals surface area contributed by atoms with Crippen LogP contribution in [0.3, 0.4) is 0 Å². The molecule has 4 heteroatoms. The zero-order valence-electron chi connectivity index (χ0n) is 16.0. The molecule has 1 saturated carbocycles. The van der Waals surface area contributed by atoms with Gasteiger partial charge >= 0.3 is 5.97 Å². The summed E-state index contributed by atoms with van der Waals surface area (Å²) in [5.74, 6) is 0.587. The maximum Gasteiger partial charge on any atom is 0.335 e. The first kappa shape index (κ1) is 17.4. The lowest BCUT2D eigenvalue weighted by molar-refractivity contribution is 0.0697. The number of carboxylic acid groups (broad SMARTS) is 1. The van der Waals surface area contributed by atoms with Crippen LogP contribution in [0.25, 0.3) is 22.2 Å². The molecule has 1 N–H and O–H groups in total. The van der Waals surface area contributed by atoms with E-state index in [1.54, 1.807) is 6.07 Å². The van der Waals surface area contributed by atoms with E-state index < -0.39 is 5.97 Å². The van der Waals surface area contributed by atoms with Gasteiger partial charge in [0.2, 0.25) is 0 Å². The number of benzene rings is 2. The highest BCUT2D eigenvalue weighted by Gasteiger charge is 2.28. The third-order valence-corrected chi connectivity index (χ3v) is 6.29. The Kier molecular flexibility index (Phi) is 4.34. The molecule has 2 heterocycles. The van der Waals surface area contributed by atoms with Crippen molar-refractivity contribution in [2.45, 2.75) is 51.0 Å². The van der Waals surface area contributed by atoms with Crippen LogP contribution in [0.2, 0.25) is 0 Å². The van der Waals surface area contributed by atoms with E-state index in [1.807, 2.05) is 18.2 Å². The van der Waals surface area contributed by atoms with Gasteiger partial charge in [0, 0.05) is 23.0 Å². The van der Waals surface area contributed by atoms with Crippen LogP contribution in [0.4, 0.5) is 0 Å². The van der Waals surface area contributed by atoms with Crippen LogP contribution >= 0.6 is 0 Å². The summed E-state index contributed by atoms with van der Waals surface area (Å²) < 4.78 is 8.43. The fourth-order valence-corrected chi connectivity index (χ4v) is 5.03. The molecule has 1 aliphatic carbocycles. The van der Waals surface area contributed by atoms with Crippen LogP contribution in [0.15, 0.2) is 42.5 Å². The highest BCUT2D eigenvalue weighted by Crippen LogP contribution is 2.46. The molecule has 0 saturated heterocycles. The number of carbonyl (C=O) groups is 1. The van der Waals surface area contributed by atoms with Gasteiger partial charge in [0.15, 0.2) is 0 Å². The van der Waals surface area contributed by atoms with Crippen LogP contribution < -0.4 is 4.74 Å². The summed E-state index contributed by atoms with van der Waals surface area (Å²) >= 11 is 0. The van der Waals surface area contributed by atoms with Crippen molar-refractivity contribution in [3.63, 3.8) is 0 Å². The third-order valence-electron chi connectivity index (χ3n) is 6.29. The van der Waals surface area contributed by atoms with Crippen molar-refractivity contribution in [3.8, 4) is 17.0 Å². The Hall–Kier alpha value is -2.75. The minimum absolute atomic E-state index is 0.356. The molecule has 28 heavy (non-hydrogen) atoms. The van der Waals surface area contributed by atoms with E-state index in [0.29, 0.717) is 18.1 Å². The number of nitrogens with zero attached hydrogens (tertiary/aromatic N) is 1. The molecule has 0 amide bonds. The Morgan fingerprint density at radius 1 is 1.04 bits per heavy atom. The topological polar surface area (TPSA) is 51.5 Å². The minimum atomic E-state index is -0.869. The molecule has 144 valence electrons. The molecule has 1 aliphatic heterocycles. The molecule has 0 bridgehead atoms. The van der Waals surface area contributed by atoms with Crippen molar-refractivity contribution >= 4 is 16.9 Å². The molecule has 3 aromatic rings. The minimum Gasteiger partial charge on any atom is -0.493 e. The van der Waals surface area contributed by atoms with E-state index in [-0.39, 0.29) is 0 Å². The predicted octanol–water partition coefficient (Wildman–Crippen LogP) is 5.84. The monoisotopic (exact) mass is 375 g/mol. The number of rotatable bonds is 2. The van der Waals surface area contributed by atoms with Crippen molar-refractivity contribution in [2.24, 2.45) is 0 Å². The Morgan fingerprint density at radius 2 is 1.86 bits per heavy atom. The Bertz CT molecular complexity index is 1040. The smallest absolute Gasteiger partial charge is 0.335 e. The van der Waals surface area contributed by atoms with Gasteiger partial charge in [-0.3, -0.25) is 0 Å². The van der Waals surface area contributed by atoms with Gasteiger partial charge in [-0.1, -0.05) is 37.5 Å². The quantitative estimate of drug-likeness (QED) is 0.612. The van der Waals surface area contributed by atoms with E-state index in [4.69, 9.17) is 4.74 Å². The normalized spacial score (nSPS) is 17.3. The molecule has 2 aliphatic rings. The van der Waals surface area contributed by atoms with Crippen molar-refractivity contribution in [3.05, 3.63) is 53.6 Å². The lowest BCUT2D eigenvalue weighted by Gasteiger charge is -2.25. The fraction of sp³-hybridized carbons (Fsp3) is 0.375. The van der Waals surface area contributed by atoms with Crippen LogP contribution in [0, 0.1) is 0 Å². The zero-order chi connectivity index (χ0) is 19.1. The van der Waals surface area contributed by atoms with E-state index in [0.717, 1.165) is 29.8 Å².